The van der Waals surface area contributed by atoms with Gasteiger partial charge in [0, 0.05) is 12.8 Å². The van der Waals surface area contributed by atoms with Crippen LogP contribution in [0.1, 0.15) is 36.5 Å². The van der Waals surface area contributed by atoms with Crippen molar-refractivity contribution in [3.63, 3.8) is 0 Å². The molecule has 2 aromatic rings. The van der Waals surface area contributed by atoms with Crippen molar-refractivity contribution >= 4 is 11.9 Å². The number of rotatable bonds is 10. The number of hydrogen-bond donors (Lipinski definition) is 0. The molecule has 29 heavy (non-hydrogen) atoms. The van der Waals surface area contributed by atoms with E-state index in [1.54, 1.807) is 0 Å². The average molecular weight is 412 g/mol. The average Bonchev–Trinajstić information content (AvgIpc) is 2.72. The number of carbonyl (C=O) groups is 2. The van der Waals surface area contributed by atoms with Gasteiger partial charge in [0.05, 0.1) is 0 Å². The van der Waals surface area contributed by atoms with Crippen molar-refractivity contribution in [1.82, 2.24) is 0 Å². The van der Waals surface area contributed by atoms with E-state index in [-0.39, 0.29) is 19.3 Å². The molecule has 2 aromatic carbocycles. The van der Waals surface area contributed by atoms with Crippen LogP contribution in [0.4, 0.5) is 17.6 Å². The van der Waals surface area contributed by atoms with Gasteiger partial charge in [0.1, 0.15) is 0 Å². The molecule has 0 N–H and O–H groups in total. The molecule has 0 amide bonds. The van der Waals surface area contributed by atoms with E-state index in [9.17, 15) is 27.2 Å². The molecule has 8 heteroatoms. The van der Waals surface area contributed by atoms with Crippen molar-refractivity contribution in [3.05, 3.63) is 71.8 Å². The topological polar surface area (TPSA) is 52.6 Å². The Morgan fingerprint density at radius 1 is 0.828 bits per heavy atom. The second-order valence-corrected chi connectivity index (χ2v) is 6.27. The smallest absolute Gasteiger partial charge is 0.340 e. The van der Waals surface area contributed by atoms with E-state index in [4.69, 9.17) is 4.74 Å². The summed E-state index contributed by atoms with van der Waals surface area (Å²) >= 11 is 0. The fourth-order valence-electron chi connectivity index (χ4n) is 2.46. The fourth-order valence-corrected chi connectivity index (χ4v) is 2.46. The number of ether oxygens (including phenoxy) is 2. The number of benzene rings is 2. The quantitative estimate of drug-likeness (QED) is 0.410. The molecule has 0 aliphatic heterocycles. The molecule has 2 rings (SSSR count). The molecule has 0 heterocycles. The fraction of sp³-hybridized carbons (Fsp3) is 0.333. The van der Waals surface area contributed by atoms with E-state index < -0.39 is 37.0 Å². The van der Waals surface area contributed by atoms with Gasteiger partial charge in [-0.25, -0.2) is 8.78 Å². The van der Waals surface area contributed by atoms with Crippen LogP contribution in [0.3, 0.4) is 0 Å². The molecular weight excluding hydrogens is 392 g/mol. The largest absolute Gasteiger partial charge is 0.459 e. The van der Waals surface area contributed by atoms with Gasteiger partial charge in [-0.2, -0.15) is 8.78 Å². The first-order valence-electron chi connectivity index (χ1n) is 8.90. The lowest BCUT2D eigenvalue weighted by molar-refractivity contribution is -0.179. The maximum Gasteiger partial charge on any atom is 0.340 e. The highest BCUT2D eigenvalue weighted by Gasteiger charge is 2.42. The number of esters is 2. The first-order chi connectivity index (χ1) is 13.8. The summed E-state index contributed by atoms with van der Waals surface area (Å²) in [5.74, 6) is -6.07. The van der Waals surface area contributed by atoms with Gasteiger partial charge in [-0.05, 0) is 17.5 Å². The highest BCUT2D eigenvalue weighted by molar-refractivity contribution is 5.73. The van der Waals surface area contributed by atoms with E-state index in [0.29, 0.717) is 0 Å². The molecule has 0 saturated carbocycles. The maximum atomic E-state index is 12.7. The molecule has 0 unspecified atom stereocenters. The van der Waals surface area contributed by atoms with Crippen molar-refractivity contribution in [2.75, 3.05) is 6.61 Å². The van der Waals surface area contributed by atoms with Gasteiger partial charge in [0.25, 0.3) is 0 Å². The predicted molar refractivity (Wildman–Crippen MR) is 96.6 cm³/mol. The van der Waals surface area contributed by atoms with Crippen LogP contribution in [-0.2, 0) is 19.1 Å². The molecule has 0 aliphatic carbocycles. The Bertz CT molecular complexity index is 742. The molecule has 0 atom stereocenters. The lowest BCUT2D eigenvalue weighted by Gasteiger charge is -2.19. The molecule has 0 fully saturated rings. The maximum absolute atomic E-state index is 12.7. The van der Waals surface area contributed by atoms with Gasteiger partial charge in [-0.15, -0.1) is 0 Å². The number of alkyl halides is 4. The van der Waals surface area contributed by atoms with Gasteiger partial charge in [-0.1, -0.05) is 60.7 Å². The molecule has 0 saturated heterocycles. The molecule has 0 aromatic heterocycles. The highest BCUT2D eigenvalue weighted by Crippen LogP contribution is 2.27. The van der Waals surface area contributed by atoms with Crippen LogP contribution < -0.4 is 0 Å². The zero-order chi connectivity index (χ0) is 21.3. The van der Waals surface area contributed by atoms with Crippen molar-refractivity contribution in [2.24, 2.45) is 0 Å². The SMILES string of the molecule is O=C(CCCC(=O)OC(c1ccccc1)c1ccccc1)OCC(F)(F)C(F)F. The third kappa shape index (κ3) is 7.21. The minimum Gasteiger partial charge on any atom is -0.459 e. The Labute approximate surface area is 165 Å². The monoisotopic (exact) mass is 412 g/mol. The normalized spacial score (nSPS) is 11.5. The van der Waals surface area contributed by atoms with E-state index in [1.807, 2.05) is 60.7 Å². The van der Waals surface area contributed by atoms with E-state index >= 15 is 0 Å². The van der Waals surface area contributed by atoms with E-state index in [2.05, 4.69) is 4.74 Å². The summed E-state index contributed by atoms with van der Waals surface area (Å²) in [6.45, 7) is -1.70. The Kier molecular flexibility index (Phi) is 8.18. The molecular formula is C21H20F4O4. The second-order valence-electron chi connectivity index (χ2n) is 6.27. The van der Waals surface area contributed by atoms with Gasteiger partial charge in [0.2, 0.25) is 0 Å². The first kappa shape index (κ1) is 22.4. The molecule has 0 aliphatic rings. The molecule has 156 valence electrons. The van der Waals surface area contributed by atoms with Gasteiger partial charge in [0.15, 0.2) is 12.7 Å². The van der Waals surface area contributed by atoms with Gasteiger partial charge < -0.3 is 9.47 Å². The van der Waals surface area contributed by atoms with Crippen molar-refractivity contribution in [3.8, 4) is 0 Å². The Morgan fingerprint density at radius 2 is 1.31 bits per heavy atom. The third-order valence-corrected chi connectivity index (χ3v) is 3.96. The van der Waals surface area contributed by atoms with Crippen LogP contribution >= 0.6 is 0 Å². The van der Waals surface area contributed by atoms with Crippen LogP contribution in [0.15, 0.2) is 60.7 Å². The van der Waals surface area contributed by atoms with Crippen LogP contribution in [0, 0.1) is 0 Å². The number of halogens is 4. The minimum atomic E-state index is -4.40. The summed E-state index contributed by atoms with van der Waals surface area (Å²) in [7, 11) is 0. The predicted octanol–water partition coefficient (Wildman–Crippen LogP) is 4.93. The van der Waals surface area contributed by atoms with Crippen molar-refractivity contribution < 1.29 is 36.6 Å². The zero-order valence-corrected chi connectivity index (χ0v) is 15.4. The Hall–Kier alpha value is -2.90. The summed E-state index contributed by atoms with van der Waals surface area (Å²) in [4.78, 5) is 23.6. The number of carbonyl (C=O) groups excluding carboxylic acids is 2. The highest BCUT2D eigenvalue weighted by atomic mass is 19.3. The van der Waals surface area contributed by atoms with Gasteiger partial charge in [-0.3, -0.25) is 9.59 Å². The lowest BCUT2D eigenvalue weighted by Crippen LogP contribution is -2.33. The summed E-state index contributed by atoms with van der Waals surface area (Å²) in [5.41, 5.74) is 1.53. The third-order valence-electron chi connectivity index (χ3n) is 3.96. The van der Waals surface area contributed by atoms with E-state index in [0.717, 1.165) is 11.1 Å². The first-order valence-corrected chi connectivity index (χ1v) is 8.90. The van der Waals surface area contributed by atoms with Gasteiger partial charge >= 0.3 is 24.3 Å². The van der Waals surface area contributed by atoms with Crippen LogP contribution in [0.2, 0.25) is 0 Å². The summed E-state index contributed by atoms with van der Waals surface area (Å²) in [6.07, 6.45) is -5.10. The summed E-state index contributed by atoms with van der Waals surface area (Å²) in [5, 5.41) is 0. The van der Waals surface area contributed by atoms with Crippen molar-refractivity contribution in [2.45, 2.75) is 37.7 Å². The van der Waals surface area contributed by atoms with Crippen LogP contribution in [0.5, 0.6) is 0 Å². The Balaban J connectivity index is 1.85. The minimum absolute atomic E-state index is 0.0196. The molecule has 0 bridgehead atoms. The van der Waals surface area contributed by atoms with Crippen molar-refractivity contribution in [1.29, 1.82) is 0 Å². The molecule has 4 nitrogen and oxygen atoms in total. The second kappa shape index (κ2) is 10.6. The standard InChI is InChI=1S/C21H20F4O4/c22-20(23)21(24,25)14-28-17(26)12-7-13-18(27)29-19(15-8-3-1-4-9-15)16-10-5-2-6-11-16/h1-6,8-11,19-20H,7,12-14H2. The molecule has 0 spiro atoms. The Morgan fingerprint density at radius 3 is 1.79 bits per heavy atom. The summed E-state index contributed by atoms with van der Waals surface area (Å²) in [6, 6.07) is 18.1. The molecule has 0 radical (unpaired) electrons. The lowest BCUT2D eigenvalue weighted by atomic mass is 10.0. The van der Waals surface area contributed by atoms with E-state index in [1.165, 1.54) is 0 Å². The van der Waals surface area contributed by atoms with Crippen LogP contribution in [-0.4, -0.2) is 30.9 Å². The van der Waals surface area contributed by atoms with Crippen LogP contribution in [0.25, 0.3) is 0 Å². The zero-order valence-electron chi connectivity index (χ0n) is 15.4. The summed E-state index contributed by atoms with van der Waals surface area (Å²) < 4.78 is 59.2. The number of hydrogen-bond acceptors (Lipinski definition) is 4.